The van der Waals surface area contributed by atoms with E-state index in [2.05, 4.69) is 25.0 Å². The van der Waals surface area contributed by atoms with Crippen molar-refractivity contribution in [2.45, 2.75) is 32.1 Å². The fourth-order valence-corrected chi connectivity index (χ4v) is 2.04. The van der Waals surface area contributed by atoms with Crippen molar-refractivity contribution in [2.24, 2.45) is 0 Å². The third-order valence-electron chi connectivity index (χ3n) is 3.62. The van der Waals surface area contributed by atoms with E-state index in [-0.39, 0.29) is 16.9 Å². The van der Waals surface area contributed by atoms with E-state index in [4.69, 9.17) is 0 Å². The van der Waals surface area contributed by atoms with Gasteiger partial charge in [-0.1, -0.05) is 0 Å². The number of fused-ring (bicyclic) bond motifs is 1. The van der Waals surface area contributed by atoms with E-state index in [9.17, 15) is 26.3 Å². The number of hydrogen-bond acceptors (Lipinski definition) is 5. The van der Waals surface area contributed by atoms with Gasteiger partial charge in [0.1, 0.15) is 0 Å². The molecule has 0 bridgehead atoms. The fraction of sp³-hybridized carbons (Fsp3) is 0.333. The minimum Gasteiger partial charge on any atom is -0.460 e. The maximum atomic E-state index is 14.2. The lowest BCUT2D eigenvalue weighted by molar-refractivity contribution is -0.235. The van der Waals surface area contributed by atoms with E-state index in [1.165, 1.54) is 12.1 Å². The van der Waals surface area contributed by atoms with Gasteiger partial charge in [0.2, 0.25) is 5.82 Å². The molecule has 0 aliphatic rings. The topological polar surface area (TPSA) is 65.2 Å². The molecule has 3 aromatic heterocycles. The monoisotopic (exact) mass is 391 g/mol. The number of ether oxygens (including phenoxy) is 1. The Kier molecular flexibility index (Phi) is 4.44. The van der Waals surface area contributed by atoms with Crippen molar-refractivity contribution >= 4 is 5.65 Å². The van der Waals surface area contributed by atoms with Crippen molar-refractivity contribution in [3.8, 4) is 17.1 Å². The predicted molar refractivity (Wildman–Crippen MR) is 79.7 cm³/mol. The summed E-state index contributed by atoms with van der Waals surface area (Å²) in [6.45, 7) is 1.46. The minimum absolute atomic E-state index is 0.0391. The molecule has 3 heterocycles. The highest BCUT2D eigenvalue weighted by atomic mass is 19.4. The largest absolute Gasteiger partial charge is 0.460 e. The van der Waals surface area contributed by atoms with Crippen LogP contribution in [0.25, 0.3) is 16.9 Å². The lowest BCUT2D eigenvalue weighted by atomic mass is 10.1. The predicted octanol–water partition coefficient (Wildman–Crippen LogP) is 3.98. The average molecular weight is 391 g/mol. The Morgan fingerprint density at radius 3 is 2.41 bits per heavy atom. The second-order valence-electron chi connectivity index (χ2n) is 5.97. The Morgan fingerprint density at radius 2 is 1.81 bits per heavy atom. The molecule has 3 aromatic rings. The van der Waals surface area contributed by atoms with Crippen LogP contribution in [0.3, 0.4) is 0 Å². The minimum atomic E-state index is -4.74. The van der Waals surface area contributed by atoms with Gasteiger partial charge in [0.25, 0.3) is 12.3 Å². The van der Waals surface area contributed by atoms with Crippen LogP contribution in [-0.4, -0.2) is 36.6 Å². The van der Waals surface area contributed by atoms with Gasteiger partial charge >= 0.3 is 6.18 Å². The van der Waals surface area contributed by atoms with E-state index in [1.54, 1.807) is 0 Å². The summed E-state index contributed by atoms with van der Waals surface area (Å²) in [5.74, 6) is -2.71. The number of rotatable bonds is 4. The third-order valence-corrected chi connectivity index (χ3v) is 3.62. The summed E-state index contributed by atoms with van der Waals surface area (Å²) in [6, 6.07) is 3.53. The Labute approximate surface area is 147 Å². The normalized spacial score (nSPS) is 12.8. The molecule has 144 valence electrons. The molecule has 6 nitrogen and oxygen atoms in total. The number of pyridine rings is 1. The summed E-state index contributed by atoms with van der Waals surface area (Å²) in [7, 11) is 0. The van der Waals surface area contributed by atoms with Gasteiger partial charge in [-0.25, -0.2) is 18.2 Å². The van der Waals surface area contributed by atoms with Gasteiger partial charge in [0.05, 0.1) is 5.69 Å². The summed E-state index contributed by atoms with van der Waals surface area (Å²) in [5, 5.41) is 10.7. The van der Waals surface area contributed by atoms with Crippen LogP contribution in [0.2, 0.25) is 0 Å². The molecule has 12 heteroatoms. The van der Waals surface area contributed by atoms with Gasteiger partial charge in [0, 0.05) is 11.8 Å². The molecular weight excluding hydrogens is 380 g/mol. The molecule has 3 rings (SSSR count). The lowest BCUT2D eigenvalue weighted by Gasteiger charge is -2.28. The molecule has 0 atom stereocenters. The molecule has 0 aromatic carbocycles. The van der Waals surface area contributed by atoms with E-state index >= 15 is 0 Å². The molecule has 0 fully saturated rings. The van der Waals surface area contributed by atoms with Crippen LogP contribution in [0, 0.1) is 5.82 Å². The highest BCUT2D eigenvalue weighted by molar-refractivity contribution is 5.59. The van der Waals surface area contributed by atoms with E-state index in [1.807, 2.05) is 0 Å². The zero-order valence-corrected chi connectivity index (χ0v) is 13.8. The van der Waals surface area contributed by atoms with Crippen molar-refractivity contribution in [2.75, 3.05) is 0 Å². The summed E-state index contributed by atoms with van der Waals surface area (Å²) in [4.78, 5) is 3.55. The molecule has 0 N–H and O–H groups in total. The van der Waals surface area contributed by atoms with Crippen molar-refractivity contribution in [1.82, 2.24) is 24.8 Å². The average Bonchev–Trinajstić information content (AvgIpc) is 2.98. The van der Waals surface area contributed by atoms with Gasteiger partial charge < -0.3 is 4.74 Å². The molecule has 0 saturated carbocycles. The van der Waals surface area contributed by atoms with Crippen LogP contribution in [0.1, 0.15) is 26.1 Å². The van der Waals surface area contributed by atoms with Gasteiger partial charge in [-0.15, -0.1) is 10.2 Å². The first kappa shape index (κ1) is 18.9. The first-order valence-corrected chi connectivity index (χ1v) is 7.42. The van der Waals surface area contributed by atoms with Gasteiger partial charge in [0.15, 0.2) is 17.1 Å². The van der Waals surface area contributed by atoms with Crippen molar-refractivity contribution in [3.63, 3.8) is 0 Å². The number of hydrogen-bond donors (Lipinski definition) is 0. The first-order valence-electron chi connectivity index (χ1n) is 7.42. The third kappa shape index (κ3) is 3.51. The van der Waals surface area contributed by atoms with Gasteiger partial charge in [-0.2, -0.15) is 22.8 Å². The van der Waals surface area contributed by atoms with Crippen LogP contribution >= 0.6 is 0 Å². The van der Waals surface area contributed by atoms with E-state index in [0.29, 0.717) is 0 Å². The summed E-state index contributed by atoms with van der Waals surface area (Å²) in [5.41, 5.74) is -2.53. The molecule has 0 spiro atoms. The number of nitrogens with zero attached hydrogens (tertiary/aromatic N) is 5. The highest BCUT2D eigenvalue weighted by Crippen LogP contribution is 2.34. The van der Waals surface area contributed by atoms with Crippen molar-refractivity contribution in [1.29, 1.82) is 0 Å². The molecular formula is C15H11F6N5O. The Hall–Kier alpha value is -2.92. The summed E-state index contributed by atoms with van der Waals surface area (Å²) < 4.78 is 84.0. The molecule has 0 amide bonds. The quantitative estimate of drug-likeness (QED) is 0.630. The summed E-state index contributed by atoms with van der Waals surface area (Å²) in [6.07, 6.45) is -6.66. The SMILES string of the molecule is CC(C)(Oc1ncc(-c2ccc3nnc(C(F)F)n3n2)cc1F)C(F)(F)F. The molecule has 0 saturated heterocycles. The standard InChI is InChI=1S/C15H11F6N5O/c1-14(2,15(19,20)21)27-13-8(16)5-7(6-22-13)9-3-4-10-23-24-12(11(17)18)26(10)25-9/h3-6,11H,1-2H3. The Bertz CT molecular complexity index is 984. The fourth-order valence-electron chi connectivity index (χ4n) is 2.04. The van der Waals surface area contributed by atoms with Crippen LogP contribution in [-0.2, 0) is 0 Å². The zero-order chi connectivity index (χ0) is 20.0. The lowest BCUT2D eigenvalue weighted by Crippen LogP contribution is -2.45. The van der Waals surface area contributed by atoms with E-state index in [0.717, 1.165) is 30.6 Å². The number of halogens is 6. The Balaban J connectivity index is 1.96. The van der Waals surface area contributed by atoms with E-state index < -0.39 is 35.7 Å². The molecule has 0 unspecified atom stereocenters. The molecule has 0 radical (unpaired) electrons. The van der Waals surface area contributed by atoms with Crippen molar-refractivity contribution in [3.05, 3.63) is 36.0 Å². The van der Waals surface area contributed by atoms with Crippen LogP contribution in [0.5, 0.6) is 5.88 Å². The second kappa shape index (κ2) is 6.35. The second-order valence-corrected chi connectivity index (χ2v) is 5.97. The maximum absolute atomic E-state index is 14.2. The van der Waals surface area contributed by atoms with Gasteiger partial charge in [-0.3, -0.25) is 0 Å². The van der Waals surface area contributed by atoms with Crippen LogP contribution in [0.4, 0.5) is 26.3 Å². The Morgan fingerprint density at radius 1 is 1.11 bits per heavy atom. The van der Waals surface area contributed by atoms with Crippen LogP contribution in [0.15, 0.2) is 24.4 Å². The number of alkyl halides is 5. The molecule has 0 aliphatic carbocycles. The first-order chi connectivity index (χ1) is 12.5. The van der Waals surface area contributed by atoms with Crippen molar-refractivity contribution < 1.29 is 31.1 Å². The maximum Gasteiger partial charge on any atom is 0.427 e. The zero-order valence-electron chi connectivity index (χ0n) is 13.8. The van der Waals surface area contributed by atoms with Gasteiger partial charge in [-0.05, 0) is 32.0 Å². The molecule has 27 heavy (non-hydrogen) atoms. The molecule has 0 aliphatic heterocycles. The van der Waals surface area contributed by atoms with Crippen LogP contribution < -0.4 is 4.74 Å². The number of aromatic nitrogens is 5. The highest BCUT2D eigenvalue weighted by Gasteiger charge is 2.50. The summed E-state index contributed by atoms with van der Waals surface area (Å²) >= 11 is 0. The smallest absolute Gasteiger partial charge is 0.427 e.